The van der Waals surface area contributed by atoms with Crippen molar-refractivity contribution in [3.8, 4) is 17.2 Å². The van der Waals surface area contributed by atoms with Crippen LogP contribution in [-0.4, -0.2) is 72.5 Å². The summed E-state index contributed by atoms with van der Waals surface area (Å²) in [4.78, 5) is 53.3. The van der Waals surface area contributed by atoms with Gasteiger partial charge in [-0.2, -0.15) is 0 Å². The second-order valence-corrected chi connectivity index (χ2v) is 12.9. The number of carbonyl (C=O) groups excluding carboxylic acids is 4. The zero-order valence-electron chi connectivity index (χ0n) is 22.4. The van der Waals surface area contributed by atoms with Crippen molar-refractivity contribution in [2.75, 3.05) is 19.1 Å². The molecule has 2 N–H and O–H groups in total. The van der Waals surface area contributed by atoms with Gasteiger partial charge in [-0.15, -0.1) is 23.2 Å². The van der Waals surface area contributed by atoms with E-state index in [1.165, 1.54) is 18.1 Å². The van der Waals surface area contributed by atoms with Crippen LogP contribution >= 0.6 is 39.1 Å². The van der Waals surface area contributed by atoms with E-state index in [9.17, 15) is 29.4 Å². The summed E-state index contributed by atoms with van der Waals surface area (Å²) in [5, 5.41) is 20.6. The fraction of sp³-hybridized carbons (Fsp3) is 0.400. The van der Waals surface area contributed by atoms with Gasteiger partial charge in [-0.05, 0) is 61.1 Å². The lowest BCUT2D eigenvalue weighted by Crippen LogP contribution is -2.60. The molecule has 2 saturated heterocycles. The van der Waals surface area contributed by atoms with Crippen LogP contribution in [0, 0.1) is 17.8 Å². The van der Waals surface area contributed by atoms with E-state index in [0.29, 0.717) is 17.7 Å². The van der Waals surface area contributed by atoms with E-state index < -0.39 is 45.2 Å². The highest BCUT2D eigenvalue weighted by atomic mass is 79.9. The van der Waals surface area contributed by atoms with Gasteiger partial charge in [0.2, 0.25) is 11.8 Å². The highest BCUT2D eigenvalue weighted by molar-refractivity contribution is 9.09. The van der Waals surface area contributed by atoms with Gasteiger partial charge in [0, 0.05) is 18.0 Å². The lowest BCUT2D eigenvalue weighted by Gasteiger charge is -2.50. The van der Waals surface area contributed by atoms with Crippen LogP contribution in [0.25, 0.3) is 0 Å². The molecule has 2 aliphatic heterocycles. The van der Waals surface area contributed by atoms with E-state index in [0.717, 1.165) is 10.5 Å². The van der Waals surface area contributed by atoms with Gasteiger partial charge >= 0.3 is 0 Å². The molecule has 6 unspecified atom stereocenters. The molecule has 0 bridgehead atoms. The Hall–Kier alpha value is -3.08. The summed E-state index contributed by atoms with van der Waals surface area (Å²) >= 11 is 17.6. The molecule has 4 aliphatic rings. The Bertz CT molecular complexity index is 1550. The highest BCUT2D eigenvalue weighted by Crippen LogP contribution is 2.66. The van der Waals surface area contributed by atoms with Crippen molar-refractivity contribution in [3.63, 3.8) is 0 Å². The molecule has 1 saturated carbocycles. The number of phenolic OH excluding ortho intramolecular Hbond substituents is 2. The minimum atomic E-state index is -2.01. The number of alkyl halides is 3. The molecule has 6 rings (SSSR count). The number of carbonyl (C=O) groups is 4. The Balaban J connectivity index is 1.43. The number of amides is 4. The molecule has 2 aromatic carbocycles. The molecule has 2 aromatic rings. The van der Waals surface area contributed by atoms with Crippen LogP contribution in [0.1, 0.15) is 29.9 Å². The standard InChI is InChI=1S/C30H27BrCl2N2O7/c1-42-17-6-9-22(37)20(12-17)24-18-7-8-19-23(21(18)13-29(32)27(40)35(14-31)28(41)30(24,29)33)26(39)34(25(19)38)11-10-15-2-4-16(36)5-3-15/h2-7,9,12,19,21,23-24,36-37H,8,10-11,13-14H2,1H3. The Labute approximate surface area is 260 Å². The first-order chi connectivity index (χ1) is 20.0. The van der Waals surface area contributed by atoms with Crippen LogP contribution in [0.15, 0.2) is 54.1 Å². The number of imide groups is 2. The highest BCUT2D eigenvalue weighted by Gasteiger charge is 2.76. The third kappa shape index (κ3) is 3.94. The van der Waals surface area contributed by atoms with Gasteiger partial charge < -0.3 is 14.9 Å². The summed E-state index contributed by atoms with van der Waals surface area (Å²) in [6.07, 6.45) is 2.31. The molecule has 9 nitrogen and oxygen atoms in total. The number of hydrogen-bond acceptors (Lipinski definition) is 7. The molecule has 2 heterocycles. The maximum Gasteiger partial charge on any atom is 0.254 e. The maximum atomic E-state index is 14.0. The van der Waals surface area contributed by atoms with Crippen molar-refractivity contribution in [2.45, 2.75) is 34.9 Å². The number of ether oxygens (including phenoxy) is 1. The van der Waals surface area contributed by atoms with E-state index in [1.807, 2.05) is 6.08 Å². The van der Waals surface area contributed by atoms with E-state index in [4.69, 9.17) is 27.9 Å². The first-order valence-electron chi connectivity index (χ1n) is 13.5. The molecule has 42 heavy (non-hydrogen) atoms. The van der Waals surface area contributed by atoms with E-state index in [2.05, 4.69) is 15.9 Å². The number of nitrogens with zero attached hydrogens (tertiary/aromatic N) is 2. The third-order valence-corrected chi connectivity index (χ3v) is 11.1. The number of rotatable bonds is 6. The summed E-state index contributed by atoms with van der Waals surface area (Å²) in [5.41, 5.74) is 1.54. The van der Waals surface area contributed by atoms with E-state index in [1.54, 1.807) is 36.4 Å². The van der Waals surface area contributed by atoms with Gasteiger partial charge in [-0.3, -0.25) is 29.0 Å². The lowest BCUT2D eigenvalue weighted by molar-refractivity contribution is -0.141. The minimum Gasteiger partial charge on any atom is -0.508 e. The number of hydrogen-bond donors (Lipinski definition) is 2. The summed E-state index contributed by atoms with van der Waals surface area (Å²) in [5.74, 6) is -4.99. The molecule has 0 spiro atoms. The van der Waals surface area contributed by atoms with E-state index in [-0.39, 0.29) is 53.7 Å². The number of methoxy groups -OCH3 is 1. The number of halogens is 3. The molecule has 220 valence electrons. The second-order valence-electron chi connectivity index (χ2n) is 11.2. The minimum absolute atomic E-state index is 0.120. The molecular weight excluding hydrogens is 651 g/mol. The predicted molar refractivity (Wildman–Crippen MR) is 157 cm³/mol. The normalized spacial score (nSPS) is 32.0. The van der Waals surface area contributed by atoms with Crippen LogP contribution in [0.5, 0.6) is 17.2 Å². The molecule has 6 atom stereocenters. The van der Waals surface area contributed by atoms with Crippen LogP contribution in [0.3, 0.4) is 0 Å². The van der Waals surface area contributed by atoms with Crippen molar-refractivity contribution in [3.05, 3.63) is 65.2 Å². The number of phenols is 2. The second kappa shape index (κ2) is 10.3. The quantitative estimate of drug-likeness (QED) is 0.205. The molecule has 3 fully saturated rings. The van der Waals surface area contributed by atoms with Gasteiger partial charge in [0.05, 0.1) is 24.4 Å². The Morgan fingerprint density at radius 3 is 2.36 bits per heavy atom. The maximum absolute atomic E-state index is 14.0. The zero-order valence-corrected chi connectivity index (χ0v) is 25.5. The van der Waals surface area contributed by atoms with Gasteiger partial charge in [-0.1, -0.05) is 39.7 Å². The topological polar surface area (TPSA) is 124 Å². The smallest absolute Gasteiger partial charge is 0.254 e. The number of allylic oxidation sites excluding steroid dienone is 2. The fourth-order valence-electron chi connectivity index (χ4n) is 7.18. The molecular formula is C30H27BrCl2N2O7. The van der Waals surface area contributed by atoms with Crippen LogP contribution < -0.4 is 4.74 Å². The van der Waals surface area contributed by atoms with Crippen LogP contribution in [0.2, 0.25) is 0 Å². The number of likely N-dealkylation sites (tertiary alicyclic amines) is 2. The number of fused-ring (bicyclic) bond motifs is 4. The molecule has 0 radical (unpaired) electrons. The monoisotopic (exact) mass is 676 g/mol. The first-order valence-corrected chi connectivity index (χ1v) is 15.4. The first kappa shape index (κ1) is 29.0. The van der Waals surface area contributed by atoms with Crippen molar-refractivity contribution in [2.24, 2.45) is 17.8 Å². The van der Waals surface area contributed by atoms with E-state index >= 15 is 0 Å². The van der Waals surface area contributed by atoms with Crippen molar-refractivity contribution < 1.29 is 34.1 Å². The molecule has 12 heteroatoms. The third-order valence-electron chi connectivity index (χ3n) is 9.21. The lowest BCUT2D eigenvalue weighted by atomic mass is 9.56. The van der Waals surface area contributed by atoms with Crippen LogP contribution in [0.4, 0.5) is 0 Å². The summed E-state index contributed by atoms with van der Waals surface area (Å²) in [6, 6.07) is 11.1. The summed E-state index contributed by atoms with van der Waals surface area (Å²) in [7, 11) is 1.46. The average Bonchev–Trinajstić information content (AvgIpc) is 3.30. The average molecular weight is 678 g/mol. The van der Waals surface area contributed by atoms with Crippen molar-refractivity contribution >= 4 is 62.8 Å². The largest absolute Gasteiger partial charge is 0.508 e. The Morgan fingerprint density at radius 1 is 0.976 bits per heavy atom. The summed E-state index contributed by atoms with van der Waals surface area (Å²) in [6.45, 7) is 0.151. The molecule has 0 aromatic heterocycles. The summed E-state index contributed by atoms with van der Waals surface area (Å²) < 4.78 is 5.39. The van der Waals surface area contributed by atoms with Crippen LogP contribution in [-0.2, 0) is 25.6 Å². The number of benzene rings is 2. The number of aromatic hydroxyl groups is 2. The van der Waals surface area contributed by atoms with Gasteiger partial charge in [-0.25, -0.2) is 0 Å². The van der Waals surface area contributed by atoms with Crippen molar-refractivity contribution in [1.82, 2.24) is 9.80 Å². The molecule has 2 aliphatic carbocycles. The Kier molecular flexibility index (Phi) is 7.10. The predicted octanol–water partition coefficient (Wildman–Crippen LogP) is 4.06. The SMILES string of the molecule is COc1ccc(O)c(C2C3=CCC4C(=O)N(CCc5ccc(O)cc5)C(=O)C4C3CC3(Cl)C(=O)N(CBr)C(=O)C23Cl)c1. The fourth-order valence-corrected chi connectivity index (χ4v) is 8.60. The zero-order chi connectivity index (χ0) is 30.1. The van der Waals surface area contributed by atoms with Gasteiger partial charge in [0.25, 0.3) is 11.8 Å². The van der Waals surface area contributed by atoms with Gasteiger partial charge in [0.15, 0.2) is 9.75 Å². The Morgan fingerprint density at radius 2 is 1.69 bits per heavy atom. The van der Waals surface area contributed by atoms with Gasteiger partial charge in [0.1, 0.15) is 17.2 Å². The van der Waals surface area contributed by atoms with Crippen molar-refractivity contribution in [1.29, 1.82) is 0 Å². The molecule has 4 amide bonds.